The van der Waals surface area contributed by atoms with Crippen LogP contribution in [0.4, 0.5) is 4.39 Å². The van der Waals surface area contributed by atoms with Gasteiger partial charge < -0.3 is 20.3 Å². The van der Waals surface area contributed by atoms with E-state index < -0.39 is 18.0 Å². The molecule has 3 N–H and O–H groups in total. The first-order valence-corrected chi connectivity index (χ1v) is 8.18. The molecule has 0 radical (unpaired) electrons. The zero-order chi connectivity index (χ0) is 17.1. The number of halogens is 1. The van der Waals surface area contributed by atoms with Gasteiger partial charge in [-0.2, -0.15) is 0 Å². The molecule has 1 saturated carbocycles. The number of para-hydroxylation sites is 1. The lowest BCUT2D eigenvalue weighted by atomic mass is 9.90. The summed E-state index contributed by atoms with van der Waals surface area (Å²) in [7, 11) is 0. The van der Waals surface area contributed by atoms with Crippen LogP contribution in [-0.2, 0) is 0 Å². The number of aliphatic hydroxyl groups is 1. The first kappa shape index (κ1) is 16.7. The molecule has 0 spiro atoms. The number of ether oxygens (including phenoxy) is 2. The van der Waals surface area contributed by atoms with Gasteiger partial charge in [0.25, 0.3) is 0 Å². The molecule has 1 fully saturated rings. The third-order valence-corrected chi connectivity index (χ3v) is 4.30. The Labute approximate surface area is 141 Å². The molecule has 3 atom stereocenters. The largest absolute Gasteiger partial charge is 0.484 e. The second-order valence-corrected chi connectivity index (χ2v) is 6.22. The van der Waals surface area contributed by atoms with E-state index in [0.717, 1.165) is 18.4 Å². The van der Waals surface area contributed by atoms with Gasteiger partial charge in [0.1, 0.15) is 18.0 Å². The van der Waals surface area contributed by atoms with Crippen LogP contribution in [0.5, 0.6) is 17.2 Å². The maximum absolute atomic E-state index is 14.3. The predicted molar refractivity (Wildman–Crippen MR) is 89.9 cm³/mol. The second kappa shape index (κ2) is 7.20. The maximum atomic E-state index is 14.3. The predicted octanol–water partition coefficient (Wildman–Crippen LogP) is 3.55. The minimum atomic E-state index is -0.769. The van der Waals surface area contributed by atoms with Gasteiger partial charge in [-0.15, -0.1) is 0 Å². The first-order chi connectivity index (χ1) is 11.5. The average molecular weight is 331 g/mol. The fourth-order valence-electron chi connectivity index (χ4n) is 2.87. The number of aliphatic hydroxyl groups excluding tert-OH is 1. The Hall–Kier alpha value is -2.11. The second-order valence-electron chi connectivity index (χ2n) is 6.22. The van der Waals surface area contributed by atoms with Crippen LogP contribution in [-0.4, -0.2) is 23.4 Å². The van der Waals surface area contributed by atoms with E-state index in [1.807, 2.05) is 19.1 Å². The SMILES string of the molecule is Cc1ccc(Oc2c(F)cccc2O[C@@H]2CCC[C@@H](N)[C@H]2O)cc1. The van der Waals surface area contributed by atoms with E-state index in [1.165, 1.54) is 6.07 Å². The van der Waals surface area contributed by atoms with Gasteiger partial charge in [0.15, 0.2) is 11.6 Å². The number of aryl methyl sites for hydroxylation is 1. The van der Waals surface area contributed by atoms with Crippen LogP contribution in [0.3, 0.4) is 0 Å². The number of nitrogens with two attached hydrogens (primary N) is 1. The van der Waals surface area contributed by atoms with E-state index >= 15 is 0 Å². The van der Waals surface area contributed by atoms with Gasteiger partial charge in [-0.1, -0.05) is 23.8 Å². The first-order valence-electron chi connectivity index (χ1n) is 8.18. The average Bonchev–Trinajstić information content (AvgIpc) is 2.57. The highest BCUT2D eigenvalue weighted by Gasteiger charge is 2.32. The van der Waals surface area contributed by atoms with Gasteiger partial charge in [0.05, 0.1) is 0 Å². The minimum absolute atomic E-state index is 0.0210. The molecule has 24 heavy (non-hydrogen) atoms. The van der Waals surface area contributed by atoms with Crippen molar-refractivity contribution in [3.05, 3.63) is 53.8 Å². The number of hydrogen-bond acceptors (Lipinski definition) is 4. The molecular weight excluding hydrogens is 309 g/mol. The Morgan fingerprint density at radius 3 is 2.62 bits per heavy atom. The van der Waals surface area contributed by atoms with Crippen LogP contribution in [0.1, 0.15) is 24.8 Å². The molecule has 0 aliphatic heterocycles. The maximum Gasteiger partial charge on any atom is 0.204 e. The van der Waals surface area contributed by atoms with E-state index in [4.69, 9.17) is 15.2 Å². The highest BCUT2D eigenvalue weighted by Crippen LogP contribution is 2.36. The fraction of sp³-hybridized carbons (Fsp3) is 0.368. The van der Waals surface area contributed by atoms with Gasteiger partial charge in [0.2, 0.25) is 5.75 Å². The molecule has 0 heterocycles. The lowest BCUT2D eigenvalue weighted by Crippen LogP contribution is -2.48. The minimum Gasteiger partial charge on any atom is -0.484 e. The molecule has 0 aromatic heterocycles. The van der Waals surface area contributed by atoms with Crippen molar-refractivity contribution in [2.75, 3.05) is 0 Å². The smallest absolute Gasteiger partial charge is 0.204 e. The Morgan fingerprint density at radius 2 is 1.88 bits per heavy atom. The Balaban J connectivity index is 1.83. The van der Waals surface area contributed by atoms with Gasteiger partial charge in [-0.25, -0.2) is 4.39 Å². The molecule has 2 aromatic carbocycles. The van der Waals surface area contributed by atoms with Crippen LogP contribution in [0.15, 0.2) is 42.5 Å². The van der Waals surface area contributed by atoms with E-state index in [9.17, 15) is 9.50 Å². The van der Waals surface area contributed by atoms with Crippen molar-refractivity contribution in [1.29, 1.82) is 0 Å². The third-order valence-electron chi connectivity index (χ3n) is 4.30. The summed E-state index contributed by atoms with van der Waals surface area (Å²) in [6, 6.07) is 11.5. The normalized spacial score (nSPS) is 23.8. The molecule has 5 heteroatoms. The van der Waals surface area contributed by atoms with E-state index in [2.05, 4.69) is 0 Å². The topological polar surface area (TPSA) is 64.7 Å². The molecule has 0 amide bonds. The Morgan fingerprint density at radius 1 is 1.12 bits per heavy atom. The van der Waals surface area contributed by atoms with Crippen LogP contribution in [0.25, 0.3) is 0 Å². The standard InChI is InChI=1S/C19H22FNO3/c1-12-8-10-13(11-9-12)23-19-14(20)4-2-7-17(19)24-16-6-3-5-15(21)18(16)22/h2,4,7-11,15-16,18,22H,3,5-6,21H2,1H3/t15-,16-,18-/m1/s1. The van der Waals surface area contributed by atoms with Crippen molar-refractivity contribution < 1.29 is 19.0 Å². The lowest BCUT2D eigenvalue weighted by molar-refractivity contribution is -0.00693. The molecule has 1 aliphatic rings. The van der Waals surface area contributed by atoms with E-state index in [-0.39, 0.29) is 17.5 Å². The molecule has 1 aliphatic carbocycles. The fourth-order valence-corrected chi connectivity index (χ4v) is 2.87. The van der Waals surface area contributed by atoms with E-state index in [0.29, 0.717) is 12.2 Å². The summed E-state index contributed by atoms with van der Waals surface area (Å²) in [6.45, 7) is 1.97. The van der Waals surface area contributed by atoms with Crippen LogP contribution >= 0.6 is 0 Å². The lowest BCUT2D eigenvalue weighted by Gasteiger charge is -2.33. The molecular formula is C19H22FNO3. The summed E-state index contributed by atoms with van der Waals surface area (Å²) in [5.41, 5.74) is 6.98. The highest BCUT2D eigenvalue weighted by molar-refractivity contribution is 5.44. The van der Waals surface area contributed by atoms with Crippen molar-refractivity contribution >= 4 is 0 Å². The summed E-state index contributed by atoms with van der Waals surface area (Å²) in [6.07, 6.45) is 1.07. The molecule has 128 valence electrons. The van der Waals surface area contributed by atoms with Gasteiger partial charge in [0, 0.05) is 6.04 Å². The Kier molecular flexibility index (Phi) is 5.02. The van der Waals surface area contributed by atoms with Crippen LogP contribution < -0.4 is 15.2 Å². The molecule has 0 saturated heterocycles. The summed E-state index contributed by atoms with van der Waals surface area (Å²) >= 11 is 0. The molecule has 4 nitrogen and oxygen atoms in total. The summed E-state index contributed by atoms with van der Waals surface area (Å²) < 4.78 is 25.8. The monoisotopic (exact) mass is 331 g/mol. The number of hydrogen-bond donors (Lipinski definition) is 2. The van der Waals surface area contributed by atoms with Gasteiger partial charge >= 0.3 is 0 Å². The van der Waals surface area contributed by atoms with E-state index in [1.54, 1.807) is 24.3 Å². The third kappa shape index (κ3) is 3.68. The van der Waals surface area contributed by atoms with Crippen molar-refractivity contribution in [3.63, 3.8) is 0 Å². The number of rotatable bonds is 4. The quantitative estimate of drug-likeness (QED) is 0.899. The zero-order valence-electron chi connectivity index (χ0n) is 13.6. The summed E-state index contributed by atoms with van der Waals surface area (Å²) in [4.78, 5) is 0. The summed E-state index contributed by atoms with van der Waals surface area (Å²) in [5, 5.41) is 10.2. The van der Waals surface area contributed by atoms with Crippen molar-refractivity contribution in [1.82, 2.24) is 0 Å². The van der Waals surface area contributed by atoms with Gasteiger partial charge in [-0.05, 0) is 50.5 Å². The number of benzene rings is 2. The van der Waals surface area contributed by atoms with Gasteiger partial charge in [-0.3, -0.25) is 0 Å². The molecule has 0 bridgehead atoms. The Bertz CT molecular complexity index is 690. The highest BCUT2D eigenvalue weighted by atomic mass is 19.1. The zero-order valence-corrected chi connectivity index (χ0v) is 13.6. The van der Waals surface area contributed by atoms with Crippen LogP contribution in [0.2, 0.25) is 0 Å². The van der Waals surface area contributed by atoms with Crippen LogP contribution in [0, 0.1) is 12.7 Å². The molecule has 2 aromatic rings. The van der Waals surface area contributed by atoms with Crippen molar-refractivity contribution in [2.24, 2.45) is 5.73 Å². The van der Waals surface area contributed by atoms with Crippen molar-refractivity contribution in [3.8, 4) is 17.2 Å². The molecule has 0 unspecified atom stereocenters. The van der Waals surface area contributed by atoms with Crippen molar-refractivity contribution in [2.45, 2.75) is 44.4 Å². The summed E-state index contributed by atoms with van der Waals surface area (Å²) in [5.74, 6) is 0.306. The molecule has 3 rings (SSSR count).